The lowest BCUT2D eigenvalue weighted by Gasteiger charge is -2.03. The fourth-order valence-electron chi connectivity index (χ4n) is 1.45. The van der Waals surface area contributed by atoms with E-state index in [0.29, 0.717) is 5.69 Å². The van der Waals surface area contributed by atoms with Crippen LogP contribution in [0.2, 0.25) is 0 Å². The lowest BCUT2D eigenvalue weighted by Crippen LogP contribution is -1.77. The molecule has 4 heteroatoms. The molecule has 0 spiro atoms. The van der Waals surface area contributed by atoms with Gasteiger partial charge in [0.15, 0.2) is 4.63 Å². The molecule has 0 saturated heterocycles. The lowest BCUT2D eigenvalue weighted by atomic mass is 10.1. The van der Waals surface area contributed by atoms with E-state index in [1.807, 2.05) is 30.3 Å². The average Bonchev–Trinajstić information content (AvgIpc) is 2.22. The maximum Gasteiger partial charge on any atom is 0.197 e. The van der Waals surface area contributed by atoms with Crippen molar-refractivity contribution in [3.63, 3.8) is 0 Å². The molecule has 0 atom stereocenters. The van der Waals surface area contributed by atoms with Crippen LogP contribution in [0, 0.1) is 0 Å². The Morgan fingerprint density at radius 2 is 1.80 bits per heavy atom. The van der Waals surface area contributed by atoms with Crippen LogP contribution in [0.1, 0.15) is 0 Å². The minimum Gasteiger partial charge on any atom is -0.506 e. The van der Waals surface area contributed by atoms with Crippen molar-refractivity contribution in [3.8, 4) is 5.75 Å². The lowest BCUT2D eigenvalue weighted by molar-refractivity contribution is 0.477. The minimum atomic E-state index is -0.123. The highest BCUT2D eigenvalue weighted by atomic mass is 35.5. The van der Waals surface area contributed by atoms with Crippen molar-refractivity contribution in [2.45, 2.75) is 0 Å². The molecular weight excluding hydrogens is 233 g/mol. The third kappa shape index (κ3) is 2.06. The molecule has 0 aliphatic heterocycles. The number of phenols is 1. The first-order chi connectivity index (χ1) is 7.18. The number of aliphatic imine (C=N–C) groups is 1. The van der Waals surface area contributed by atoms with Crippen molar-refractivity contribution >= 4 is 44.3 Å². The third-order valence-corrected chi connectivity index (χ3v) is 2.24. The van der Waals surface area contributed by atoms with E-state index in [9.17, 15) is 5.11 Å². The number of hydrogen-bond acceptors (Lipinski definition) is 2. The van der Waals surface area contributed by atoms with Crippen LogP contribution in [0.3, 0.4) is 0 Å². The van der Waals surface area contributed by atoms with Gasteiger partial charge >= 0.3 is 0 Å². The molecule has 2 aromatic rings. The van der Waals surface area contributed by atoms with Crippen LogP contribution >= 0.6 is 23.2 Å². The Morgan fingerprint density at radius 3 is 2.53 bits per heavy atom. The maximum atomic E-state index is 9.63. The van der Waals surface area contributed by atoms with E-state index in [-0.39, 0.29) is 10.4 Å². The number of hydrogen-bond donors (Lipinski definition) is 1. The molecule has 0 radical (unpaired) electrons. The largest absolute Gasteiger partial charge is 0.506 e. The van der Waals surface area contributed by atoms with Crippen LogP contribution in [0.5, 0.6) is 5.75 Å². The van der Waals surface area contributed by atoms with E-state index >= 15 is 0 Å². The van der Waals surface area contributed by atoms with E-state index < -0.39 is 0 Å². The van der Waals surface area contributed by atoms with Crippen molar-refractivity contribution in [1.82, 2.24) is 0 Å². The predicted molar refractivity (Wildman–Crippen MR) is 64.4 cm³/mol. The zero-order chi connectivity index (χ0) is 10.8. The fourth-order valence-corrected chi connectivity index (χ4v) is 1.61. The summed E-state index contributed by atoms with van der Waals surface area (Å²) in [6, 6.07) is 10.9. The Labute approximate surface area is 96.8 Å². The average molecular weight is 240 g/mol. The van der Waals surface area contributed by atoms with Gasteiger partial charge in [-0.3, -0.25) is 0 Å². The quantitative estimate of drug-likeness (QED) is 0.750. The molecule has 0 bridgehead atoms. The standard InChI is InChI=1S/C11H7Cl2NO/c12-11(13)14-10-8-4-2-1-3-7(8)5-6-9(10)15/h1-6,15H. The molecule has 0 amide bonds. The molecule has 1 N–H and O–H groups in total. The van der Waals surface area contributed by atoms with Crippen LogP contribution in [-0.4, -0.2) is 9.74 Å². The molecule has 76 valence electrons. The number of phenolic OH excluding ortho intramolecular Hbond substituents is 1. The Morgan fingerprint density at radius 1 is 1.07 bits per heavy atom. The number of rotatable bonds is 1. The molecule has 0 fully saturated rings. The van der Waals surface area contributed by atoms with E-state index in [1.165, 1.54) is 0 Å². The van der Waals surface area contributed by atoms with E-state index in [0.717, 1.165) is 10.8 Å². The summed E-state index contributed by atoms with van der Waals surface area (Å²) < 4.78 is -0.123. The highest BCUT2D eigenvalue weighted by molar-refractivity contribution is 6.95. The molecule has 0 heterocycles. The first kappa shape index (κ1) is 10.3. The van der Waals surface area contributed by atoms with Crippen molar-refractivity contribution < 1.29 is 5.11 Å². The Bertz CT molecular complexity index is 533. The van der Waals surface area contributed by atoms with Gasteiger partial charge in [-0.05, 0) is 34.7 Å². The first-order valence-electron chi connectivity index (χ1n) is 4.29. The molecule has 0 aliphatic rings. The molecule has 0 aromatic heterocycles. The van der Waals surface area contributed by atoms with Gasteiger partial charge in [-0.15, -0.1) is 0 Å². The van der Waals surface area contributed by atoms with Crippen LogP contribution < -0.4 is 0 Å². The number of aromatic hydroxyl groups is 1. The summed E-state index contributed by atoms with van der Waals surface area (Å²) in [6.45, 7) is 0. The summed E-state index contributed by atoms with van der Waals surface area (Å²) in [5, 5.41) is 11.4. The molecule has 2 nitrogen and oxygen atoms in total. The first-order valence-corrected chi connectivity index (χ1v) is 5.04. The van der Waals surface area contributed by atoms with Crippen LogP contribution in [0.15, 0.2) is 41.4 Å². The third-order valence-electron chi connectivity index (χ3n) is 2.08. The van der Waals surface area contributed by atoms with Crippen molar-refractivity contribution in [2.75, 3.05) is 0 Å². The number of nitrogens with zero attached hydrogens (tertiary/aromatic N) is 1. The molecule has 0 aliphatic carbocycles. The van der Waals surface area contributed by atoms with Gasteiger partial charge in [-0.2, -0.15) is 0 Å². The summed E-state index contributed by atoms with van der Waals surface area (Å²) in [4.78, 5) is 3.88. The maximum absolute atomic E-state index is 9.63. The van der Waals surface area contributed by atoms with E-state index in [2.05, 4.69) is 4.99 Å². The molecule has 2 aromatic carbocycles. The molecule has 0 unspecified atom stereocenters. The zero-order valence-corrected chi connectivity index (χ0v) is 9.13. The Hall–Kier alpha value is -1.25. The summed E-state index contributed by atoms with van der Waals surface area (Å²) in [7, 11) is 0. The fraction of sp³-hybridized carbons (Fsp3) is 0. The highest BCUT2D eigenvalue weighted by Crippen LogP contribution is 2.35. The minimum absolute atomic E-state index is 0.0625. The summed E-state index contributed by atoms with van der Waals surface area (Å²) in [5.41, 5.74) is 0.396. The van der Waals surface area contributed by atoms with Gasteiger partial charge in [0.2, 0.25) is 0 Å². The number of halogens is 2. The van der Waals surface area contributed by atoms with Gasteiger partial charge < -0.3 is 5.11 Å². The second kappa shape index (κ2) is 4.09. The number of fused-ring (bicyclic) bond motifs is 1. The monoisotopic (exact) mass is 239 g/mol. The van der Waals surface area contributed by atoms with Gasteiger partial charge in [-0.1, -0.05) is 30.3 Å². The van der Waals surface area contributed by atoms with Gasteiger partial charge in [-0.25, -0.2) is 4.99 Å². The van der Waals surface area contributed by atoms with E-state index in [1.54, 1.807) is 6.07 Å². The SMILES string of the molecule is Oc1ccc2ccccc2c1N=C(Cl)Cl. The van der Waals surface area contributed by atoms with Gasteiger partial charge in [0.25, 0.3) is 0 Å². The number of benzene rings is 2. The topological polar surface area (TPSA) is 32.6 Å². The van der Waals surface area contributed by atoms with Crippen LogP contribution in [-0.2, 0) is 0 Å². The zero-order valence-electron chi connectivity index (χ0n) is 7.61. The second-order valence-electron chi connectivity index (χ2n) is 3.01. The van der Waals surface area contributed by atoms with Crippen molar-refractivity contribution in [3.05, 3.63) is 36.4 Å². The van der Waals surface area contributed by atoms with Gasteiger partial charge in [0, 0.05) is 5.39 Å². The molecular formula is C11H7Cl2NO. The summed E-state index contributed by atoms with van der Waals surface area (Å²) >= 11 is 11.0. The predicted octanol–water partition coefficient (Wildman–Crippen LogP) is 4.01. The Balaban J connectivity index is 2.80. The van der Waals surface area contributed by atoms with Crippen molar-refractivity contribution in [2.24, 2.45) is 4.99 Å². The highest BCUT2D eigenvalue weighted by Gasteiger charge is 2.05. The van der Waals surface area contributed by atoms with Crippen LogP contribution in [0.4, 0.5) is 5.69 Å². The Kier molecular flexibility index (Phi) is 2.80. The van der Waals surface area contributed by atoms with Crippen LogP contribution in [0.25, 0.3) is 10.8 Å². The van der Waals surface area contributed by atoms with Crippen molar-refractivity contribution in [1.29, 1.82) is 0 Å². The summed E-state index contributed by atoms with van der Waals surface area (Å²) in [5.74, 6) is 0.0625. The smallest absolute Gasteiger partial charge is 0.197 e. The van der Waals surface area contributed by atoms with Gasteiger partial charge in [0.1, 0.15) is 11.4 Å². The molecule has 15 heavy (non-hydrogen) atoms. The molecule has 0 saturated carbocycles. The normalized spacial score (nSPS) is 10.3. The summed E-state index contributed by atoms with van der Waals surface area (Å²) in [6.07, 6.45) is 0. The van der Waals surface area contributed by atoms with E-state index in [4.69, 9.17) is 23.2 Å². The molecule has 2 rings (SSSR count). The van der Waals surface area contributed by atoms with Gasteiger partial charge in [0.05, 0.1) is 0 Å². The second-order valence-corrected chi connectivity index (χ2v) is 3.92.